The monoisotopic (exact) mass is 925 g/mol. The van der Waals surface area contributed by atoms with Crippen LogP contribution in [-0.2, 0) is 45.4 Å². The van der Waals surface area contributed by atoms with E-state index in [1.165, 1.54) is 0 Å². The van der Waals surface area contributed by atoms with Crippen molar-refractivity contribution in [2.75, 3.05) is 86.5 Å². The SMILES string of the molecule is COCCC(C)(C)OCCC(C)(C)OCCOCCOCCOCCSCc1cc(OC)c(-c2ccc(C[C@H](NC(=O)c3c(Cl)cc(C(=O)O)cc3Cl)C(=O)O)cc2)c(OC)c1. The summed E-state index contributed by atoms with van der Waals surface area (Å²) in [5.41, 5.74) is 2.18. The van der Waals surface area contributed by atoms with E-state index >= 15 is 0 Å². The van der Waals surface area contributed by atoms with Crippen LogP contribution in [0.25, 0.3) is 11.1 Å². The van der Waals surface area contributed by atoms with Crippen LogP contribution in [-0.4, -0.2) is 132 Å². The van der Waals surface area contributed by atoms with Gasteiger partial charge < -0.3 is 53.4 Å². The zero-order valence-electron chi connectivity index (χ0n) is 36.6. The summed E-state index contributed by atoms with van der Waals surface area (Å²) in [5, 5.41) is 21.1. The third-order valence-electron chi connectivity index (χ3n) is 9.58. The lowest BCUT2D eigenvalue weighted by molar-refractivity contribution is -0.139. The fourth-order valence-corrected chi connectivity index (χ4v) is 7.45. The molecule has 0 radical (unpaired) electrons. The number of hydrogen-bond acceptors (Lipinski definition) is 12. The van der Waals surface area contributed by atoms with Gasteiger partial charge in [-0.2, -0.15) is 11.8 Å². The number of hydrogen-bond donors (Lipinski definition) is 3. The Balaban J connectivity index is 1.37. The molecule has 1 atom stereocenters. The Morgan fingerprint density at radius 2 is 1.21 bits per heavy atom. The highest BCUT2D eigenvalue weighted by atomic mass is 35.5. The highest BCUT2D eigenvalue weighted by Gasteiger charge is 2.26. The third-order valence-corrected chi connectivity index (χ3v) is 11.2. The summed E-state index contributed by atoms with van der Waals surface area (Å²) in [6.45, 7) is 13.0. The Hall–Kier alpha value is -3.64. The van der Waals surface area contributed by atoms with E-state index in [2.05, 4.69) is 33.0 Å². The van der Waals surface area contributed by atoms with Crippen LogP contribution >= 0.6 is 35.0 Å². The lowest BCUT2D eigenvalue weighted by atomic mass is 9.98. The minimum atomic E-state index is -1.33. The summed E-state index contributed by atoms with van der Waals surface area (Å²) in [5.74, 6) is -0.701. The molecule has 0 spiro atoms. The minimum absolute atomic E-state index is 0.0529. The average molecular weight is 927 g/mol. The molecule has 0 fully saturated rings. The zero-order valence-corrected chi connectivity index (χ0v) is 39.0. The van der Waals surface area contributed by atoms with Crippen molar-refractivity contribution in [2.24, 2.45) is 0 Å². The number of methoxy groups -OCH3 is 3. The third kappa shape index (κ3) is 18.2. The fourth-order valence-electron chi connectivity index (χ4n) is 6.01. The van der Waals surface area contributed by atoms with Crippen molar-refractivity contribution in [1.29, 1.82) is 0 Å². The van der Waals surface area contributed by atoms with Crippen molar-refractivity contribution in [1.82, 2.24) is 5.32 Å². The topological polar surface area (TPSA) is 178 Å². The number of carboxylic acids is 2. The largest absolute Gasteiger partial charge is 0.496 e. The molecule has 14 nitrogen and oxygen atoms in total. The lowest BCUT2D eigenvalue weighted by Crippen LogP contribution is -2.42. The summed E-state index contributed by atoms with van der Waals surface area (Å²) in [4.78, 5) is 36.4. The predicted molar refractivity (Wildman–Crippen MR) is 241 cm³/mol. The lowest BCUT2D eigenvalue weighted by Gasteiger charge is -2.29. The van der Waals surface area contributed by atoms with Gasteiger partial charge in [-0.1, -0.05) is 47.5 Å². The molecule has 1 amide bonds. The first-order chi connectivity index (χ1) is 29.5. The van der Waals surface area contributed by atoms with E-state index in [-0.39, 0.29) is 38.8 Å². The van der Waals surface area contributed by atoms with Gasteiger partial charge in [0, 0.05) is 31.6 Å². The summed E-state index contributed by atoms with van der Waals surface area (Å²) in [7, 11) is 4.86. The van der Waals surface area contributed by atoms with E-state index in [0.717, 1.165) is 47.4 Å². The second kappa shape index (κ2) is 26.9. The average Bonchev–Trinajstić information content (AvgIpc) is 3.22. The van der Waals surface area contributed by atoms with Gasteiger partial charge >= 0.3 is 11.9 Å². The number of rotatable bonds is 31. The second-order valence-corrected chi connectivity index (χ2v) is 17.3. The fraction of sp³-hybridized carbons (Fsp3) is 0.533. The number of carbonyl (C=O) groups excluding carboxylic acids is 1. The predicted octanol–water partition coefficient (Wildman–Crippen LogP) is 8.10. The number of benzene rings is 3. The smallest absolute Gasteiger partial charge is 0.335 e. The van der Waals surface area contributed by atoms with Crippen molar-refractivity contribution in [3.8, 4) is 22.6 Å². The van der Waals surface area contributed by atoms with E-state index in [1.807, 2.05) is 24.3 Å². The number of amides is 1. The Labute approximate surface area is 379 Å². The van der Waals surface area contributed by atoms with E-state index < -0.39 is 23.9 Å². The highest BCUT2D eigenvalue weighted by molar-refractivity contribution is 7.98. The Kier molecular flexibility index (Phi) is 22.8. The molecule has 0 aromatic heterocycles. The molecule has 344 valence electrons. The molecule has 0 saturated carbocycles. The van der Waals surface area contributed by atoms with E-state index in [4.69, 9.17) is 61.1 Å². The summed E-state index contributed by atoms with van der Waals surface area (Å²) >= 11 is 14.0. The molecule has 0 aliphatic heterocycles. The van der Waals surface area contributed by atoms with Crippen molar-refractivity contribution in [3.63, 3.8) is 0 Å². The van der Waals surface area contributed by atoms with Gasteiger partial charge in [0.15, 0.2) is 0 Å². The van der Waals surface area contributed by atoms with Gasteiger partial charge in [-0.15, -0.1) is 0 Å². The summed E-state index contributed by atoms with van der Waals surface area (Å²) in [6.07, 6.45) is 1.56. The van der Waals surface area contributed by atoms with Crippen molar-refractivity contribution < 1.29 is 62.5 Å². The van der Waals surface area contributed by atoms with Gasteiger partial charge in [-0.3, -0.25) is 4.79 Å². The van der Waals surface area contributed by atoms with Crippen LogP contribution < -0.4 is 14.8 Å². The minimum Gasteiger partial charge on any atom is -0.496 e. The zero-order chi connectivity index (χ0) is 45.7. The molecule has 0 heterocycles. The van der Waals surface area contributed by atoms with Crippen LogP contribution in [0.4, 0.5) is 0 Å². The van der Waals surface area contributed by atoms with Gasteiger partial charge in [0.05, 0.1) is 105 Å². The molecule has 0 saturated heterocycles. The maximum absolute atomic E-state index is 13.0. The molecule has 3 aromatic rings. The first kappa shape index (κ1) is 52.7. The van der Waals surface area contributed by atoms with Gasteiger partial charge in [0.25, 0.3) is 5.91 Å². The molecule has 0 unspecified atom stereocenters. The number of carbonyl (C=O) groups is 3. The van der Waals surface area contributed by atoms with Crippen LogP contribution in [0.3, 0.4) is 0 Å². The standard InChI is InChI=1S/C45H61Cl2NO13S/c1-44(2,12-14-54-5)60-15-13-45(3,4)61-21-20-58-17-16-57-18-19-59-22-23-62-29-31-25-37(55-6)39(38(26-31)56-7)32-10-8-30(9-11-32)24-36(43(52)53)48-41(49)40-34(46)27-33(42(50)51)28-35(40)47/h8-11,25-28,36H,12-24,29H2,1-7H3,(H,48,49)(H,50,51)(H,52,53)/t36-/m0/s1. The van der Waals surface area contributed by atoms with Crippen molar-refractivity contribution in [3.05, 3.63) is 80.8 Å². The number of ether oxygens (including phenoxy) is 8. The number of nitrogens with one attached hydrogen (secondary N) is 1. The first-order valence-electron chi connectivity index (χ1n) is 20.2. The van der Waals surface area contributed by atoms with Crippen LogP contribution in [0.2, 0.25) is 10.0 Å². The molecule has 3 aromatic carbocycles. The molecule has 0 aliphatic carbocycles. The van der Waals surface area contributed by atoms with E-state index in [0.29, 0.717) is 82.3 Å². The molecular formula is C45H61Cl2NO13S. The molecular weight excluding hydrogens is 865 g/mol. The second-order valence-electron chi connectivity index (χ2n) is 15.4. The van der Waals surface area contributed by atoms with Gasteiger partial charge in [-0.05, 0) is 81.5 Å². The normalized spacial score (nSPS) is 12.3. The molecule has 0 bridgehead atoms. The number of thioether (sulfide) groups is 1. The molecule has 62 heavy (non-hydrogen) atoms. The Bertz CT molecular complexity index is 1830. The number of carboxylic acid groups (broad SMARTS) is 2. The summed E-state index contributed by atoms with van der Waals surface area (Å²) in [6, 6.07) is 11.9. The van der Waals surface area contributed by atoms with Crippen LogP contribution in [0.1, 0.15) is 72.4 Å². The van der Waals surface area contributed by atoms with Gasteiger partial charge in [0.2, 0.25) is 0 Å². The maximum atomic E-state index is 13.0. The number of aromatic carboxylic acids is 1. The van der Waals surface area contributed by atoms with Crippen LogP contribution in [0, 0.1) is 0 Å². The molecule has 3 N–H and O–H groups in total. The van der Waals surface area contributed by atoms with Gasteiger partial charge in [-0.25, -0.2) is 9.59 Å². The molecule has 17 heteroatoms. The van der Waals surface area contributed by atoms with Crippen molar-refractivity contribution in [2.45, 2.75) is 70.0 Å². The molecule has 0 aliphatic rings. The van der Waals surface area contributed by atoms with Crippen LogP contribution in [0.15, 0.2) is 48.5 Å². The van der Waals surface area contributed by atoms with E-state index in [9.17, 15) is 24.6 Å². The molecule has 3 rings (SSSR count). The highest BCUT2D eigenvalue weighted by Crippen LogP contribution is 2.40. The maximum Gasteiger partial charge on any atom is 0.335 e. The quantitative estimate of drug-likeness (QED) is 0.0528. The number of halogens is 2. The Morgan fingerprint density at radius 3 is 1.73 bits per heavy atom. The van der Waals surface area contributed by atoms with E-state index in [1.54, 1.807) is 45.2 Å². The van der Waals surface area contributed by atoms with Gasteiger partial charge in [0.1, 0.15) is 17.5 Å². The Morgan fingerprint density at radius 1 is 0.694 bits per heavy atom. The number of aliphatic carboxylic acids is 1. The first-order valence-corrected chi connectivity index (χ1v) is 22.1. The van der Waals surface area contributed by atoms with Crippen LogP contribution in [0.5, 0.6) is 11.5 Å². The summed E-state index contributed by atoms with van der Waals surface area (Å²) < 4.78 is 45.7. The van der Waals surface area contributed by atoms with Crippen molar-refractivity contribution >= 4 is 52.8 Å².